The van der Waals surface area contributed by atoms with Gasteiger partial charge < -0.3 is 19.7 Å². The van der Waals surface area contributed by atoms with Crippen LogP contribution in [0.25, 0.3) is 0 Å². The van der Waals surface area contributed by atoms with Crippen molar-refractivity contribution in [2.45, 2.75) is 57.1 Å². The van der Waals surface area contributed by atoms with Crippen LogP contribution in [0.5, 0.6) is 5.75 Å². The van der Waals surface area contributed by atoms with Gasteiger partial charge in [-0.1, -0.05) is 54.6 Å². The number of hydrogen-bond donors (Lipinski definition) is 2. The molecule has 0 amide bonds. The fourth-order valence-corrected chi connectivity index (χ4v) is 5.50. The van der Waals surface area contributed by atoms with Gasteiger partial charge in [0.2, 0.25) is 6.41 Å². The van der Waals surface area contributed by atoms with Crippen LogP contribution in [0.3, 0.4) is 0 Å². The second kappa shape index (κ2) is 12.6. The van der Waals surface area contributed by atoms with Crippen LogP contribution >= 0.6 is 11.8 Å². The lowest BCUT2D eigenvalue weighted by atomic mass is 9.82. The lowest BCUT2D eigenvalue weighted by Gasteiger charge is -2.26. The first-order valence-corrected chi connectivity index (χ1v) is 14.5. The van der Waals surface area contributed by atoms with Gasteiger partial charge in [-0.15, -0.1) is 11.8 Å². The van der Waals surface area contributed by atoms with Crippen LogP contribution in [0.15, 0.2) is 71.6 Å². The number of carboxylic acids is 1. The number of thioether (sulfide) groups is 1. The van der Waals surface area contributed by atoms with Gasteiger partial charge in [0, 0.05) is 35.4 Å². The molecule has 0 saturated carbocycles. The number of carboxylic acid groups (broad SMARTS) is 1. The number of benzene rings is 3. The monoisotopic (exact) mass is 563 g/mol. The van der Waals surface area contributed by atoms with Gasteiger partial charge in [0.05, 0.1) is 6.61 Å². The maximum Gasteiger partial charge on any atom is 0.347 e. The molecular weight excluding hydrogens is 526 g/mol. The maximum absolute atomic E-state index is 13.8. The van der Waals surface area contributed by atoms with Gasteiger partial charge in [-0.25, -0.2) is 4.79 Å². The highest BCUT2D eigenvalue weighted by Gasteiger charge is 2.41. The van der Waals surface area contributed by atoms with Crippen molar-refractivity contribution in [2.24, 2.45) is 5.92 Å². The predicted molar refractivity (Wildman–Crippen MR) is 156 cm³/mol. The summed E-state index contributed by atoms with van der Waals surface area (Å²) >= 11 is 1.62. The SMILES string of the molecule is CSc1ccc(C(=O)C2CN(C(O)OCc3ccccc3)CC2c2cc(C)c(OC(C)(C)C(=O)O)c(C)c2)cc1. The van der Waals surface area contributed by atoms with Crippen LogP contribution < -0.4 is 4.74 Å². The number of hydrogen-bond acceptors (Lipinski definition) is 7. The molecule has 0 radical (unpaired) electrons. The van der Waals surface area contributed by atoms with Crippen LogP contribution in [0, 0.1) is 19.8 Å². The normalized spacial score (nSPS) is 18.4. The van der Waals surface area contributed by atoms with E-state index < -0.39 is 23.9 Å². The van der Waals surface area contributed by atoms with E-state index in [1.165, 1.54) is 13.8 Å². The number of nitrogens with zero attached hydrogens (tertiary/aromatic N) is 1. The summed E-state index contributed by atoms with van der Waals surface area (Å²) in [5.74, 6) is -1.13. The fourth-order valence-electron chi connectivity index (χ4n) is 5.10. The molecule has 0 aromatic heterocycles. The molecule has 40 heavy (non-hydrogen) atoms. The Morgan fingerprint density at radius 1 is 1.02 bits per heavy atom. The zero-order valence-electron chi connectivity index (χ0n) is 23.6. The van der Waals surface area contributed by atoms with Crippen molar-refractivity contribution in [3.8, 4) is 5.75 Å². The summed E-state index contributed by atoms with van der Waals surface area (Å²) in [6.45, 7) is 7.82. The Kier molecular flexibility index (Phi) is 9.36. The van der Waals surface area contributed by atoms with Gasteiger partial charge in [0.25, 0.3) is 0 Å². The molecule has 3 atom stereocenters. The molecule has 2 N–H and O–H groups in total. The van der Waals surface area contributed by atoms with Crippen LogP contribution in [-0.2, 0) is 16.1 Å². The summed E-state index contributed by atoms with van der Waals surface area (Å²) in [4.78, 5) is 28.4. The van der Waals surface area contributed by atoms with E-state index in [9.17, 15) is 19.8 Å². The van der Waals surface area contributed by atoms with E-state index in [1.54, 1.807) is 16.7 Å². The number of ether oxygens (including phenoxy) is 2. The molecule has 0 spiro atoms. The highest BCUT2D eigenvalue weighted by atomic mass is 32.2. The van der Waals surface area contributed by atoms with Crippen molar-refractivity contribution < 1.29 is 29.3 Å². The Labute approximate surface area is 240 Å². The van der Waals surface area contributed by atoms with Gasteiger partial charge in [-0.05, 0) is 68.3 Å². The van der Waals surface area contributed by atoms with Crippen molar-refractivity contribution in [2.75, 3.05) is 19.3 Å². The molecule has 3 unspecified atom stereocenters. The number of rotatable bonds is 11. The van der Waals surface area contributed by atoms with Crippen LogP contribution in [0.1, 0.15) is 52.4 Å². The zero-order valence-corrected chi connectivity index (χ0v) is 24.4. The molecule has 1 fully saturated rings. The third-order valence-corrected chi connectivity index (χ3v) is 8.14. The topological polar surface area (TPSA) is 96.3 Å². The highest BCUT2D eigenvalue weighted by Crippen LogP contribution is 2.39. The third-order valence-electron chi connectivity index (χ3n) is 7.40. The van der Waals surface area contributed by atoms with E-state index in [0.717, 1.165) is 27.1 Å². The van der Waals surface area contributed by atoms with Gasteiger partial charge in [-0.3, -0.25) is 9.69 Å². The molecular formula is C32H37NO6S. The van der Waals surface area contributed by atoms with Crippen molar-refractivity contribution in [1.82, 2.24) is 4.90 Å². The highest BCUT2D eigenvalue weighted by molar-refractivity contribution is 7.98. The number of likely N-dealkylation sites (tertiary alicyclic amines) is 1. The first kappa shape index (κ1) is 29.8. The van der Waals surface area contributed by atoms with Crippen LogP contribution in [-0.4, -0.2) is 58.2 Å². The van der Waals surface area contributed by atoms with E-state index in [0.29, 0.717) is 24.4 Å². The average Bonchev–Trinajstić information content (AvgIpc) is 3.39. The number of aliphatic carboxylic acids is 1. The second-order valence-corrected chi connectivity index (χ2v) is 11.7. The Hall–Kier alpha value is -3.17. The van der Waals surface area contributed by atoms with E-state index in [-0.39, 0.29) is 18.3 Å². The van der Waals surface area contributed by atoms with Crippen molar-refractivity contribution >= 4 is 23.5 Å². The van der Waals surface area contributed by atoms with Crippen molar-refractivity contribution in [1.29, 1.82) is 0 Å². The summed E-state index contributed by atoms with van der Waals surface area (Å²) in [6.07, 6.45) is 0.828. The molecule has 1 aliphatic heterocycles. The second-order valence-electron chi connectivity index (χ2n) is 10.8. The molecule has 0 bridgehead atoms. The van der Waals surface area contributed by atoms with Gasteiger partial charge >= 0.3 is 5.97 Å². The van der Waals surface area contributed by atoms with Crippen molar-refractivity contribution in [3.05, 3.63) is 94.5 Å². The van der Waals surface area contributed by atoms with E-state index in [1.807, 2.05) is 86.8 Å². The van der Waals surface area contributed by atoms with Gasteiger partial charge in [0.1, 0.15) is 5.75 Å². The molecule has 1 aliphatic rings. The standard InChI is InChI=1S/C32H37NO6S/c1-20-15-24(16-21(2)29(20)39-32(3,4)30(35)36)26-17-33(31(37)38-19-22-9-7-6-8-10-22)18-27(26)28(34)23-11-13-25(40-5)14-12-23/h6-16,26-27,31,37H,17-19H2,1-5H3,(H,35,36). The number of aliphatic hydroxyl groups is 1. The van der Waals surface area contributed by atoms with E-state index in [2.05, 4.69) is 0 Å². The molecule has 1 heterocycles. The summed E-state index contributed by atoms with van der Waals surface area (Å²) in [7, 11) is 0. The number of aryl methyl sites for hydroxylation is 2. The Morgan fingerprint density at radius 2 is 1.65 bits per heavy atom. The fraction of sp³-hybridized carbons (Fsp3) is 0.375. The largest absolute Gasteiger partial charge is 0.478 e. The number of aliphatic hydroxyl groups excluding tert-OH is 1. The molecule has 212 valence electrons. The summed E-state index contributed by atoms with van der Waals surface area (Å²) < 4.78 is 11.7. The van der Waals surface area contributed by atoms with Gasteiger partial charge in [-0.2, -0.15) is 0 Å². The molecule has 7 nitrogen and oxygen atoms in total. The summed E-state index contributed by atoms with van der Waals surface area (Å²) in [5, 5.41) is 20.5. The van der Waals surface area contributed by atoms with Crippen LogP contribution in [0.4, 0.5) is 0 Å². The molecule has 3 aromatic carbocycles. The third kappa shape index (κ3) is 6.75. The Bertz CT molecular complexity index is 1320. The lowest BCUT2D eigenvalue weighted by Crippen LogP contribution is -2.38. The Balaban J connectivity index is 1.62. The first-order chi connectivity index (χ1) is 19.0. The number of ketones is 1. The van der Waals surface area contributed by atoms with Crippen LogP contribution in [0.2, 0.25) is 0 Å². The minimum Gasteiger partial charge on any atom is -0.478 e. The Morgan fingerprint density at radius 3 is 2.23 bits per heavy atom. The number of carbonyl (C=O) groups excluding carboxylic acids is 1. The molecule has 1 saturated heterocycles. The quantitative estimate of drug-likeness (QED) is 0.175. The predicted octanol–water partition coefficient (Wildman–Crippen LogP) is 5.66. The minimum atomic E-state index is -1.39. The molecule has 3 aromatic rings. The lowest BCUT2D eigenvalue weighted by molar-refractivity contribution is -0.194. The average molecular weight is 564 g/mol. The van der Waals surface area contributed by atoms with E-state index >= 15 is 0 Å². The number of Topliss-reactive ketones (excluding diaryl/α,β-unsaturated/α-hetero) is 1. The summed E-state index contributed by atoms with van der Waals surface area (Å²) in [6, 6.07) is 21.2. The van der Waals surface area contributed by atoms with E-state index in [4.69, 9.17) is 9.47 Å². The molecule has 4 rings (SSSR count). The smallest absolute Gasteiger partial charge is 0.347 e. The molecule has 8 heteroatoms. The minimum absolute atomic E-state index is 0.0121. The maximum atomic E-state index is 13.8. The number of carbonyl (C=O) groups is 2. The zero-order chi connectivity index (χ0) is 29.0. The first-order valence-electron chi connectivity index (χ1n) is 13.3. The van der Waals surface area contributed by atoms with Gasteiger partial charge in [0.15, 0.2) is 11.4 Å². The molecule has 0 aliphatic carbocycles. The summed E-state index contributed by atoms with van der Waals surface area (Å²) in [5.41, 5.74) is 2.71. The van der Waals surface area contributed by atoms with Crippen molar-refractivity contribution in [3.63, 3.8) is 0 Å².